The van der Waals surface area contributed by atoms with Crippen LogP contribution >= 0.6 is 0 Å². The highest BCUT2D eigenvalue weighted by Crippen LogP contribution is 2.45. The number of anilines is 1. The summed E-state index contributed by atoms with van der Waals surface area (Å²) in [6, 6.07) is 32.1. The molecule has 64 heavy (non-hydrogen) atoms. The minimum Gasteiger partial charge on any atom is -1.00 e. The van der Waals surface area contributed by atoms with Gasteiger partial charge in [-0.25, -0.2) is 9.59 Å². The molecule has 4 aromatic rings. The van der Waals surface area contributed by atoms with Crippen molar-refractivity contribution < 1.29 is 62.2 Å². The molecule has 0 N–H and O–H groups in total. The number of pyridine rings is 2. The van der Waals surface area contributed by atoms with Crippen LogP contribution in [0.25, 0.3) is 0 Å². The van der Waals surface area contributed by atoms with Crippen molar-refractivity contribution in [2.75, 3.05) is 18.1 Å². The number of halogens is 2. The van der Waals surface area contributed by atoms with Crippen LogP contribution in [-0.4, -0.2) is 25.2 Å². The molecule has 1 aliphatic heterocycles. The van der Waals surface area contributed by atoms with Crippen LogP contribution in [0, 0.1) is 0 Å². The fraction of sp³-hybridized carbons (Fsp3) is 0.491. The van der Waals surface area contributed by atoms with E-state index >= 15 is 9.59 Å². The lowest BCUT2D eigenvalue weighted by atomic mass is 9.79. The number of allylic oxidation sites excluding steroid dienone is 2. The smallest absolute Gasteiger partial charge is 0.337 e. The van der Waals surface area contributed by atoms with Crippen LogP contribution in [0.4, 0.5) is 5.69 Å². The molecule has 0 radical (unpaired) electrons. The van der Waals surface area contributed by atoms with Crippen molar-refractivity contribution in [3.05, 3.63) is 150 Å². The maximum atomic E-state index is 15.0. The third-order valence-electron chi connectivity index (χ3n) is 12.0. The molecular weight excluding hydrogens is 926 g/mol. The molecule has 0 fully saturated rings. The first-order valence-electron chi connectivity index (χ1n) is 24.2. The number of ether oxygens (including phenoxy) is 2. The van der Waals surface area contributed by atoms with E-state index in [1.54, 1.807) is 0 Å². The number of hydrogen-bond acceptors (Lipinski definition) is 5. The average Bonchev–Trinajstić information content (AvgIpc) is 3.31. The van der Waals surface area contributed by atoms with E-state index in [0.29, 0.717) is 37.4 Å². The zero-order valence-corrected chi connectivity index (χ0v) is 42.0. The Hall–Kier alpha value is -4.08. The number of carbonyl (C=O) groups excluding carboxylic acids is 2. The Kier molecular flexibility index (Phi) is 27.6. The Morgan fingerprint density at radius 2 is 0.781 bits per heavy atom. The van der Waals surface area contributed by atoms with Gasteiger partial charge < -0.3 is 48.3 Å². The zero-order valence-electron chi connectivity index (χ0n) is 38.8. The fourth-order valence-corrected chi connectivity index (χ4v) is 8.62. The molecule has 9 heteroatoms. The van der Waals surface area contributed by atoms with Gasteiger partial charge in [0.15, 0.2) is 37.9 Å². The minimum absolute atomic E-state index is 0. The summed E-state index contributed by atoms with van der Waals surface area (Å²) >= 11 is 0. The van der Waals surface area contributed by atoms with Gasteiger partial charge in [-0.3, -0.25) is 0 Å². The molecule has 5 rings (SSSR count). The van der Waals surface area contributed by atoms with Gasteiger partial charge in [-0.2, -0.15) is 9.13 Å². The monoisotopic (exact) mass is 999 g/mol. The highest BCUT2D eigenvalue weighted by Gasteiger charge is 2.45. The number of nitrogens with zero attached hydrogens (tertiary/aromatic N) is 3. The molecule has 7 nitrogen and oxygen atoms in total. The zero-order chi connectivity index (χ0) is 43.5. The molecule has 0 spiro atoms. The van der Waals surface area contributed by atoms with Crippen molar-refractivity contribution in [1.82, 2.24) is 0 Å². The highest BCUT2D eigenvalue weighted by atomic mass is 79.9. The molecule has 3 heterocycles. The van der Waals surface area contributed by atoms with E-state index in [9.17, 15) is 0 Å². The summed E-state index contributed by atoms with van der Waals surface area (Å²) < 4.78 is 16.8. The van der Waals surface area contributed by atoms with Gasteiger partial charge in [-0.15, -0.1) is 0 Å². The lowest BCUT2D eigenvalue weighted by molar-refractivity contribution is -0.691. The normalized spacial score (nSPS) is 12.8. The van der Waals surface area contributed by atoms with Crippen LogP contribution < -0.4 is 48.0 Å². The summed E-state index contributed by atoms with van der Waals surface area (Å²) in [4.78, 5) is 32.2. The predicted octanol–water partition coefficient (Wildman–Crippen LogP) is 6.71. The van der Waals surface area contributed by atoms with Crippen LogP contribution in [0.5, 0.6) is 0 Å². The van der Waals surface area contributed by atoms with Crippen molar-refractivity contribution in [2.45, 2.75) is 161 Å². The van der Waals surface area contributed by atoms with Gasteiger partial charge >= 0.3 is 11.9 Å². The first-order valence-corrected chi connectivity index (χ1v) is 24.2. The lowest BCUT2D eigenvalue weighted by Crippen LogP contribution is -3.00. The highest BCUT2D eigenvalue weighted by molar-refractivity contribution is 6.01. The number of rotatable bonds is 30. The van der Waals surface area contributed by atoms with E-state index in [1.165, 1.54) is 89.9 Å². The summed E-state index contributed by atoms with van der Waals surface area (Å²) in [6.07, 6.45) is 32.0. The van der Waals surface area contributed by atoms with Gasteiger partial charge in [0.25, 0.3) is 0 Å². The average molecular weight is 1000 g/mol. The van der Waals surface area contributed by atoms with Crippen LogP contribution in [0.3, 0.4) is 0 Å². The van der Waals surface area contributed by atoms with E-state index in [-0.39, 0.29) is 34.0 Å². The number of hydrogen-bond donors (Lipinski definition) is 0. The second-order valence-corrected chi connectivity index (χ2v) is 17.0. The van der Waals surface area contributed by atoms with Gasteiger partial charge in [-0.05, 0) is 30.5 Å². The second-order valence-electron chi connectivity index (χ2n) is 17.0. The SMILES string of the molecule is CCCCCCCCCCCCOC(=O)C1=C(C[n+]2ccccc2)N(c2ccccc2)C(C[n+]2ccccc2)=C(C(=O)OCCCCCCCCCCCC)C1c1ccccc1.[Br-].[Br-]. The van der Waals surface area contributed by atoms with Crippen molar-refractivity contribution in [1.29, 1.82) is 0 Å². The lowest BCUT2D eigenvalue weighted by Gasteiger charge is -2.38. The van der Waals surface area contributed by atoms with Gasteiger partial charge in [0.05, 0.1) is 41.7 Å². The van der Waals surface area contributed by atoms with E-state index in [4.69, 9.17) is 9.47 Å². The molecule has 348 valence electrons. The first-order chi connectivity index (χ1) is 30.6. The van der Waals surface area contributed by atoms with Crippen LogP contribution in [-0.2, 0) is 32.2 Å². The Bertz CT molecular complexity index is 1820. The predicted molar refractivity (Wildman–Crippen MR) is 251 cm³/mol. The maximum Gasteiger partial charge on any atom is 0.337 e. The summed E-state index contributed by atoms with van der Waals surface area (Å²) in [5.41, 5.74) is 4.19. The molecule has 0 saturated carbocycles. The van der Waals surface area contributed by atoms with Crippen molar-refractivity contribution in [2.24, 2.45) is 0 Å². The second kappa shape index (κ2) is 32.6. The molecule has 0 unspecified atom stereocenters. The van der Waals surface area contributed by atoms with Gasteiger partial charge in [0.1, 0.15) is 0 Å². The molecule has 0 amide bonds. The van der Waals surface area contributed by atoms with Crippen LogP contribution in [0.1, 0.15) is 154 Å². The molecule has 0 bridgehead atoms. The van der Waals surface area contributed by atoms with Gasteiger partial charge in [0, 0.05) is 30.0 Å². The molecule has 0 saturated heterocycles. The Morgan fingerprint density at radius 1 is 0.453 bits per heavy atom. The van der Waals surface area contributed by atoms with Crippen LogP contribution in [0.15, 0.2) is 144 Å². The van der Waals surface area contributed by atoms with E-state index in [0.717, 1.165) is 61.2 Å². The van der Waals surface area contributed by atoms with Crippen molar-refractivity contribution in [3.63, 3.8) is 0 Å². The Labute approximate surface area is 406 Å². The number of esters is 2. The van der Waals surface area contributed by atoms with Crippen LogP contribution in [0.2, 0.25) is 0 Å². The maximum absolute atomic E-state index is 15.0. The molecule has 2 aromatic heterocycles. The van der Waals surface area contributed by atoms with E-state index in [2.05, 4.69) is 27.9 Å². The summed E-state index contributed by atoms with van der Waals surface area (Å²) in [7, 11) is 0. The Morgan fingerprint density at radius 3 is 1.16 bits per heavy atom. The van der Waals surface area contributed by atoms with Crippen molar-refractivity contribution in [3.8, 4) is 0 Å². The molecular formula is C55H75Br2N3O4. The third kappa shape index (κ3) is 18.1. The van der Waals surface area contributed by atoms with Gasteiger partial charge in [-0.1, -0.05) is 190 Å². The third-order valence-corrected chi connectivity index (χ3v) is 12.0. The number of carbonyl (C=O) groups is 2. The van der Waals surface area contributed by atoms with E-state index in [1.807, 2.05) is 122 Å². The number of aromatic nitrogens is 2. The standard InChI is InChI=1S/C55H75N3O4.2BrH/c1-3-5-7-9-11-13-15-17-19-33-43-61-54(59)52-49(45-56-39-29-23-30-40-56)58(48-37-27-22-28-38-48)50(46-57-41-31-24-32-42-57)53(51(52)47-35-25-21-26-36-47)55(60)62-44-34-20-18-16-14-12-10-8-6-4-2;;/h21-32,35-42,51H,3-20,33-34,43-46H2,1-2H3;2*1H/q+2;;/p-2. The number of unbranched alkanes of at least 4 members (excludes halogenated alkanes) is 18. The van der Waals surface area contributed by atoms with Gasteiger partial charge in [0.2, 0.25) is 0 Å². The molecule has 2 aromatic carbocycles. The first kappa shape index (κ1) is 54.3. The summed E-state index contributed by atoms with van der Waals surface area (Å²) in [5.74, 6) is -1.50. The summed E-state index contributed by atoms with van der Waals surface area (Å²) in [6.45, 7) is 5.93. The molecule has 0 atom stereocenters. The quantitative estimate of drug-likeness (QED) is 0.0331. The number of para-hydroxylation sites is 1. The fourth-order valence-electron chi connectivity index (χ4n) is 8.62. The van der Waals surface area contributed by atoms with Crippen molar-refractivity contribution >= 4 is 17.6 Å². The Balaban J connectivity index is 0.00000544. The summed E-state index contributed by atoms with van der Waals surface area (Å²) in [5, 5.41) is 0. The molecule has 0 aliphatic carbocycles. The molecule has 1 aliphatic rings. The largest absolute Gasteiger partial charge is 1.00 e. The minimum atomic E-state index is -0.713. The topological polar surface area (TPSA) is 63.6 Å². The van der Waals surface area contributed by atoms with E-state index < -0.39 is 17.9 Å². The number of benzene rings is 2.